The van der Waals surface area contributed by atoms with Crippen molar-refractivity contribution >= 4 is 5.91 Å². The van der Waals surface area contributed by atoms with Gasteiger partial charge in [0, 0.05) is 25.4 Å². The van der Waals surface area contributed by atoms with Crippen molar-refractivity contribution < 1.29 is 14.3 Å². The zero-order valence-corrected chi connectivity index (χ0v) is 17.0. The van der Waals surface area contributed by atoms with Gasteiger partial charge in [-0.15, -0.1) is 0 Å². The lowest BCUT2D eigenvalue weighted by Gasteiger charge is -2.23. The number of carbonyl (C=O) groups is 1. The van der Waals surface area contributed by atoms with Gasteiger partial charge in [0.05, 0.1) is 13.2 Å². The second-order valence-electron chi connectivity index (χ2n) is 7.76. The lowest BCUT2D eigenvalue weighted by atomic mass is 9.98. The van der Waals surface area contributed by atoms with Gasteiger partial charge in [-0.1, -0.05) is 66.2 Å². The predicted molar refractivity (Wildman–Crippen MR) is 111 cm³/mol. The monoisotopic (exact) mass is 381 g/mol. The second-order valence-corrected chi connectivity index (χ2v) is 7.76. The van der Waals surface area contributed by atoms with Crippen molar-refractivity contribution in [2.45, 2.75) is 45.4 Å². The Morgan fingerprint density at radius 2 is 1.61 bits per heavy atom. The molecule has 2 aliphatic rings. The third kappa shape index (κ3) is 5.91. The molecule has 0 aromatic heterocycles. The van der Waals surface area contributed by atoms with Gasteiger partial charge in [-0.2, -0.15) is 0 Å². The topological polar surface area (TPSA) is 38.8 Å². The first-order valence-corrected chi connectivity index (χ1v) is 10.2. The Kier molecular flexibility index (Phi) is 7.24. The zero-order valence-electron chi connectivity index (χ0n) is 17.0. The number of aryl methyl sites for hydroxylation is 1. The number of hydrogen-bond acceptors (Lipinski definition) is 3. The largest absolute Gasteiger partial charge is 0.348 e. The molecule has 2 fully saturated rings. The number of carbonyl (C=O) groups excluding carboxylic acids is 1. The van der Waals surface area contributed by atoms with E-state index >= 15 is 0 Å². The van der Waals surface area contributed by atoms with E-state index in [1.165, 1.54) is 11.1 Å². The molecule has 4 heteroatoms. The van der Waals surface area contributed by atoms with E-state index in [4.69, 9.17) is 9.47 Å². The van der Waals surface area contributed by atoms with Gasteiger partial charge < -0.3 is 14.4 Å². The summed E-state index contributed by atoms with van der Waals surface area (Å²) in [5.41, 5.74) is 2.52. The maximum atomic E-state index is 12.5. The molecule has 1 atom stereocenters. The van der Waals surface area contributed by atoms with Crippen LogP contribution in [0.2, 0.25) is 0 Å². The van der Waals surface area contributed by atoms with Gasteiger partial charge in [0.15, 0.2) is 5.79 Å². The van der Waals surface area contributed by atoms with Gasteiger partial charge in [-0.3, -0.25) is 4.79 Å². The molecule has 0 bridgehead atoms. The molecule has 4 rings (SSSR count). The number of ether oxygens (including phenoxy) is 2. The quantitative estimate of drug-likeness (QED) is 0.761. The second kappa shape index (κ2) is 9.85. The molecule has 2 saturated heterocycles. The van der Waals surface area contributed by atoms with Crippen molar-refractivity contribution in [3.8, 4) is 0 Å². The fourth-order valence-corrected chi connectivity index (χ4v) is 3.70. The Morgan fingerprint density at radius 1 is 1.00 bits per heavy atom. The third-order valence-corrected chi connectivity index (χ3v) is 5.41. The molecule has 0 saturated carbocycles. The molecule has 0 aliphatic carbocycles. The SMILES string of the molecule is CC1(CC[C@H]2CCN(Cc3ccccc3)C2=O)OCCO1.Cc1ccccc1. The molecule has 2 aromatic rings. The summed E-state index contributed by atoms with van der Waals surface area (Å²) in [6.07, 6.45) is 2.59. The van der Waals surface area contributed by atoms with Crippen LogP contribution in [0.25, 0.3) is 0 Å². The summed E-state index contributed by atoms with van der Waals surface area (Å²) in [6, 6.07) is 20.4. The van der Waals surface area contributed by atoms with Crippen LogP contribution in [0.1, 0.15) is 37.3 Å². The van der Waals surface area contributed by atoms with Crippen LogP contribution < -0.4 is 0 Å². The minimum absolute atomic E-state index is 0.123. The van der Waals surface area contributed by atoms with Crippen LogP contribution in [0.4, 0.5) is 0 Å². The molecule has 0 spiro atoms. The van der Waals surface area contributed by atoms with E-state index in [9.17, 15) is 4.79 Å². The first kappa shape index (κ1) is 20.6. The van der Waals surface area contributed by atoms with E-state index in [-0.39, 0.29) is 11.8 Å². The van der Waals surface area contributed by atoms with E-state index in [1.807, 2.05) is 48.2 Å². The zero-order chi connectivity index (χ0) is 19.8. The van der Waals surface area contributed by atoms with Crippen LogP contribution in [0, 0.1) is 12.8 Å². The van der Waals surface area contributed by atoms with Gasteiger partial charge in [-0.05, 0) is 32.3 Å². The summed E-state index contributed by atoms with van der Waals surface area (Å²) in [5.74, 6) is -0.0774. The molecule has 28 heavy (non-hydrogen) atoms. The average molecular weight is 382 g/mol. The van der Waals surface area contributed by atoms with Crippen molar-refractivity contribution in [2.75, 3.05) is 19.8 Å². The summed E-state index contributed by atoms with van der Waals surface area (Å²) in [5, 5.41) is 0. The van der Waals surface area contributed by atoms with E-state index in [0.717, 1.165) is 32.4 Å². The Morgan fingerprint density at radius 3 is 2.18 bits per heavy atom. The predicted octanol–water partition coefficient (Wildman–Crippen LogP) is 4.57. The third-order valence-electron chi connectivity index (χ3n) is 5.41. The van der Waals surface area contributed by atoms with Gasteiger partial charge >= 0.3 is 0 Å². The highest BCUT2D eigenvalue weighted by Crippen LogP contribution is 2.30. The van der Waals surface area contributed by atoms with E-state index in [0.29, 0.717) is 13.2 Å². The normalized spacial score (nSPS) is 20.7. The number of benzene rings is 2. The summed E-state index contributed by atoms with van der Waals surface area (Å²) >= 11 is 0. The summed E-state index contributed by atoms with van der Waals surface area (Å²) < 4.78 is 11.2. The van der Waals surface area contributed by atoms with Crippen LogP contribution in [-0.4, -0.2) is 36.4 Å². The van der Waals surface area contributed by atoms with Gasteiger partial charge in [0.1, 0.15) is 0 Å². The fraction of sp³-hybridized carbons (Fsp3) is 0.458. The van der Waals surface area contributed by atoms with Crippen molar-refractivity contribution in [2.24, 2.45) is 5.92 Å². The Hall–Kier alpha value is -2.17. The van der Waals surface area contributed by atoms with E-state index in [2.05, 4.69) is 31.2 Å². The maximum absolute atomic E-state index is 12.5. The Balaban J connectivity index is 0.000000271. The molecule has 1 amide bonds. The molecule has 4 nitrogen and oxygen atoms in total. The molecule has 0 N–H and O–H groups in total. The van der Waals surface area contributed by atoms with Crippen molar-refractivity contribution in [1.82, 2.24) is 4.90 Å². The highest BCUT2D eigenvalue weighted by Gasteiger charge is 2.36. The Bertz CT molecular complexity index is 726. The lowest BCUT2D eigenvalue weighted by molar-refractivity contribution is -0.151. The molecular formula is C24H31NO3. The van der Waals surface area contributed by atoms with Crippen molar-refractivity contribution in [1.29, 1.82) is 0 Å². The average Bonchev–Trinajstić information content (AvgIpc) is 3.29. The molecular weight excluding hydrogens is 350 g/mol. The fourth-order valence-electron chi connectivity index (χ4n) is 3.70. The first-order chi connectivity index (χ1) is 13.6. The number of amides is 1. The van der Waals surface area contributed by atoms with Crippen LogP contribution >= 0.6 is 0 Å². The smallest absolute Gasteiger partial charge is 0.226 e. The molecule has 2 heterocycles. The van der Waals surface area contributed by atoms with Crippen LogP contribution in [0.15, 0.2) is 60.7 Å². The van der Waals surface area contributed by atoms with Gasteiger partial charge in [0.25, 0.3) is 0 Å². The van der Waals surface area contributed by atoms with Crippen LogP contribution in [0.5, 0.6) is 0 Å². The summed E-state index contributed by atoms with van der Waals surface area (Å²) in [7, 11) is 0. The highest BCUT2D eigenvalue weighted by atomic mass is 16.7. The van der Waals surface area contributed by atoms with E-state index in [1.54, 1.807) is 0 Å². The van der Waals surface area contributed by atoms with Crippen molar-refractivity contribution in [3.05, 3.63) is 71.8 Å². The lowest BCUT2D eigenvalue weighted by Crippen LogP contribution is -2.29. The number of rotatable bonds is 5. The molecule has 150 valence electrons. The minimum atomic E-state index is -0.479. The summed E-state index contributed by atoms with van der Waals surface area (Å²) in [4.78, 5) is 14.4. The molecule has 0 radical (unpaired) electrons. The van der Waals surface area contributed by atoms with E-state index < -0.39 is 5.79 Å². The standard InChI is InChI=1S/C17H23NO3.C7H8/c1-17(20-11-12-21-17)9-7-15-8-10-18(16(15)19)13-14-5-3-2-4-6-14;1-7-5-3-2-4-6-7/h2-6,15H,7-13H2,1H3;2-6H,1H3/t15-;/m0./s1. The molecule has 2 aromatic carbocycles. The maximum Gasteiger partial charge on any atom is 0.226 e. The summed E-state index contributed by atoms with van der Waals surface area (Å²) in [6.45, 7) is 6.96. The van der Waals surface area contributed by atoms with Gasteiger partial charge in [0.2, 0.25) is 5.91 Å². The van der Waals surface area contributed by atoms with Crippen molar-refractivity contribution in [3.63, 3.8) is 0 Å². The first-order valence-electron chi connectivity index (χ1n) is 10.2. The van der Waals surface area contributed by atoms with Gasteiger partial charge in [-0.25, -0.2) is 0 Å². The Labute approximate surface area is 168 Å². The number of nitrogens with zero attached hydrogens (tertiary/aromatic N) is 1. The molecule has 0 unspecified atom stereocenters. The number of hydrogen-bond donors (Lipinski definition) is 0. The van der Waals surface area contributed by atoms with Crippen LogP contribution in [0.3, 0.4) is 0 Å². The highest BCUT2D eigenvalue weighted by molar-refractivity contribution is 5.80. The molecule has 2 aliphatic heterocycles. The van der Waals surface area contributed by atoms with Crippen LogP contribution in [-0.2, 0) is 20.8 Å². The number of likely N-dealkylation sites (tertiary alicyclic amines) is 1. The minimum Gasteiger partial charge on any atom is -0.348 e.